The van der Waals surface area contributed by atoms with Crippen LogP contribution in [0.15, 0.2) is 72.9 Å². The van der Waals surface area contributed by atoms with Gasteiger partial charge in [-0.25, -0.2) is 0 Å². The molecular formula is C15H13NO. The molecule has 0 amide bonds. The standard InChI is InChI=1S/C15H13NO/c17-15(13-7-3-1-4-8-13)11-12-16-14-9-5-2-6-10-14/h1-12,16H/b12-11+. The number of hydrogen-bond donors (Lipinski definition) is 1. The molecule has 2 heteroatoms. The molecule has 0 saturated carbocycles. The maximum absolute atomic E-state index is 11.7. The fourth-order valence-corrected chi connectivity index (χ4v) is 1.45. The van der Waals surface area contributed by atoms with Gasteiger partial charge in [-0.1, -0.05) is 48.5 Å². The molecule has 84 valence electrons. The molecule has 0 aliphatic heterocycles. The minimum atomic E-state index is -0.00553. The number of allylic oxidation sites excluding steroid dienone is 1. The van der Waals surface area contributed by atoms with E-state index in [9.17, 15) is 4.79 Å². The Hall–Kier alpha value is -2.35. The van der Waals surface area contributed by atoms with E-state index in [1.165, 1.54) is 6.08 Å². The van der Waals surface area contributed by atoms with Gasteiger partial charge in [0.15, 0.2) is 5.78 Å². The van der Waals surface area contributed by atoms with E-state index in [1.54, 1.807) is 18.3 Å². The van der Waals surface area contributed by atoms with Crippen LogP contribution in [-0.4, -0.2) is 5.78 Å². The fraction of sp³-hybridized carbons (Fsp3) is 0. The van der Waals surface area contributed by atoms with Gasteiger partial charge in [-0.2, -0.15) is 0 Å². The predicted molar refractivity (Wildman–Crippen MR) is 70.0 cm³/mol. The van der Waals surface area contributed by atoms with Crippen molar-refractivity contribution in [3.63, 3.8) is 0 Å². The lowest BCUT2D eigenvalue weighted by molar-refractivity contribution is 0.104. The van der Waals surface area contributed by atoms with E-state index in [1.807, 2.05) is 48.5 Å². The van der Waals surface area contributed by atoms with Crippen LogP contribution < -0.4 is 5.32 Å². The van der Waals surface area contributed by atoms with Crippen LogP contribution in [0.5, 0.6) is 0 Å². The van der Waals surface area contributed by atoms with Gasteiger partial charge in [0.2, 0.25) is 0 Å². The van der Waals surface area contributed by atoms with Crippen LogP contribution >= 0.6 is 0 Å². The maximum Gasteiger partial charge on any atom is 0.187 e. The first-order chi connectivity index (χ1) is 8.36. The van der Waals surface area contributed by atoms with Gasteiger partial charge in [0.05, 0.1) is 0 Å². The van der Waals surface area contributed by atoms with Crippen molar-refractivity contribution in [3.05, 3.63) is 78.5 Å². The Balaban J connectivity index is 1.96. The molecule has 2 aromatic rings. The van der Waals surface area contributed by atoms with Crippen molar-refractivity contribution in [1.82, 2.24) is 0 Å². The van der Waals surface area contributed by atoms with Crippen molar-refractivity contribution in [2.24, 2.45) is 0 Å². The summed E-state index contributed by atoms with van der Waals surface area (Å²) < 4.78 is 0. The number of carbonyl (C=O) groups is 1. The van der Waals surface area contributed by atoms with Gasteiger partial charge >= 0.3 is 0 Å². The Morgan fingerprint density at radius 1 is 0.882 bits per heavy atom. The van der Waals surface area contributed by atoms with E-state index in [-0.39, 0.29) is 5.78 Å². The highest BCUT2D eigenvalue weighted by molar-refractivity contribution is 6.04. The zero-order valence-corrected chi connectivity index (χ0v) is 9.34. The average Bonchev–Trinajstić information content (AvgIpc) is 2.41. The van der Waals surface area contributed by atoms with Crippen LogP contribution in [0, 0.1) is 0 Å². The monoisotopic (exact) mass is 223 g/mol. The third-order valence-electron chi connectivity index (χ3n) is 2.32. The predicted octanol–water partition coefficient (Wildman–Crippen LogP) is 3.50. The van der Waals surface area contributed by atoms with Crippen LogP contribution in [0.4, 0.5) is 5.69 Å². The summed E-state index contributed by atoms with van der Waals surface area (Å²) in [6.45, 7) is 0. The number of anilines is 1. The highest BCUT2D eigenvalue weighted by Gasteiger charge is 1.98. The number of nitrogens with one attached hydrogen (secondary N) is 1. The number of para-hydroxylation sites is 1. The Bertz CT molecular complexity index is 503. The minimum absolute atomic E-state index is 0.00553. The Morgan fingerprint density at radius 2 is 1.47 bits per heavy atom. The third kappa shape index (κ3) is 3.31. The topological polar surface area (TPSA) is 29.1 Å². The Labute approximate surface area is 101 Å². The molecular weight excluding hydrogens is 210 g/mol. The van der Waals surface area contributed by atoms with Crippen LogP contribution in [0.3, 0.4) is 0 Å². The number of carbonyl (C=O) groups excluding carboxylic acids is 1. The Kier molecular flexibility index (Phi) is 3.71. The van der Waals surface area contributed by atoms with Gasteiger partial charge in [0.1, 0.15) is 0 Å². The fourth-order valence-electron chi connectivity index (χ4n) is 1.45. The molecule has 1 N–H and O–H groups in total. The van der Waals surface area contributed by atoms with Crippen LogP contribution in [0.1, 0.15) is 10.4 Å². The van der Waals surface area contributed by atoms with E-state index < -0.39 is 0 Å². The molecule has 0 aromatic heterocycles. The second-order valence-corrected chi connectivity index (χ2v) is 3.57. The smallest absolute Gasteiger partial charge is 0.187 e. The largest absolute Gasteiger partial charge is 0.362 e. The van der Waals surface area contributed by atoms with Gasteiger partial charge in [0, 0.05) is 23.5 Å². The summed E-state index contributed by atoms with van der Waals surface area (Å²) in [6.07, 6.45) is 3.19. The van der Waals surface area contributed by atoms with E-state index in [0.29, 0.717) is 5.56 Å². The SMILES string of the molecule is O=C(/C=C/Nc1ccccc1)c1ccccc1. The van der Waals surface area contributed by atoms with Gasteiger partial charge in [0.25, 0.3) is 0 Å². The normalized spacial score (nSPS) is 10.4. The average molecular weight is 223 g/mol. The summed E-state index contributed by atoms with van der Waals surface area (Å²) in [5, 5.41) is 3.04. The van der Waals surface area contributed by atoms with Gasteiger partial charge in [-0.15, -0.1) is 0 Å². The lowest BCUT2D eigenvalue weighted by Gasteiger charge is -1.98. The summed E-state index contributed by atoms with van der Waals surface area (Å²) in [4.78, 5) is 11.7. The molecule has 2 rings (SSSR count). The van der Waals surface area contributed by atoms with Crippen LogP contribution in [0.25, 0.3) is 0 Å². The quantitative estimate of drug-likeness (QED) is 0.635. The van der Waals surface area contributed by atoms with E-state index in [0.717, 1.165) is 5.69 Å². The van der Waals surface area contributed by atoms with Crippen molar-refractivity contribution in [1.29, 1.82) is 0 Å². The van der Waals surface area contributed by atoms with E-state index in [4.69, 9.17) is 0 Å². The summed E-state index contributed by atoms with van der Waals surface area (Å²) >= 11 is 0. The zero-order valence-electron chi connectivity index (χ0n) is 9.34. The molecule has 0 aliphatic rings. The number of rotatable bonds is 4. The lowest BCUT2D eigenvalue weighted by Crippen LogP contribution is -1.95. The summed E-state index contributed by atoms with van der Waals surface area (Å²) in [6, 6.07) is 18.9. The number of hydrogen-bond acceptors (Lipinski definition) is 2. The highest BCUT2D eigenvalue weighted by Crippen LogP contribution is 2.05. The van der Waals surface area contributed by atoms with Crippen molar-refractivity contribution in [3.8, 4) is 0 Å². The lowest BCUT2D eigenvalue weighted by atomic mass is 10.1. The highest BCUT2D eigenvalue weighted by atomic mass is 16.1. The number of benzene rings is 2. The van der Waals surface area contributed by atoms with Crippen LogP contribution in [0.2, 0.25) is 0 Å². The first-order valence-corrected chi connectivity index (χ1v) is 5.44. The molecule has 0 spiro atoms. The Morgan fingerprint density at radius 3 is 2.12 bits per heavy atom. The molecule has 0 radical (unpaired) electrons. The van der Waals surface area contributed by atoms with E-state index in [2.05, 4.69) is 5.32 Å². The molecule has 0 atom stereocenters. The summed E-state index contributed by atoms with van der Waals surface area (Å²) in [5.74, 6) is -0.00553. The first kappa shape index (κ1) is 11.1. The molecule has 17 heavy (non-hydrogen) atoms. The second-order valence-electron chi connectivity index (χ2n) is 3.57. The summed E-state index contributed by atoms with van der Waals surface area (Å²) in [5.41, 5.74) is 1.66. The second kappa shape index (κ2) is 5.66. The first-order valence-electron chi connectivity index (χ1n) is 5.44. The third-order valence-corrected chi connectivity index (χ3v) is 2.32. The molecule has 0 heterocycles. The molecule has 2 aromatic carbocycles. The van der Waals surface area contributed by atoms with Crippen molar-refractivity contribution >= 4 is 11.5 Å². The summed E-state index contributed by atoms with van der Waals surface area (Å²) in [7, 11) is 0. The molecule has 0 fully saturated rings. The van der Waals surface area contributed by atoms with E-state index >= 15 is 0 Å². The van der Waals surface area contributed by atoms with Gasteiger partial charge < -0.3 is 5.32 Å². The van der Waals surface area contributed by atoms with Gasteiger partial charge in [-0.3, -0.25) is 4.79 Å². The van der Waals surface area contributed by atoms with Crippen molar-refractivity contribution in [2.45, 2.75) is 0 Å². The minimum Gasteiger partial charge on any atom is -0.362 e. The molecule has 0 unspecified atom stereocenters. The molecule has 0 aliphatic carbocycles. The van der Waals surface area contributed by atoms with Gasteiger partial charge in [-0.05, 0) is 12.1 Å². The van der Waals surface area contributed by atoms with Crippen molar-refractivity contribution < 1.29 is 4.79 Å². The van der Waals surface area contributed by atoms with Crippen molar-refractivity contribution in [2.75, 3.05) is 5.32 Å². The molecule has 2 nitrogen and oxygen atoms in total. The zero-order chi connectivity index (χ0) is 11.9. The maximum atomic E-state index is 11.7. The number of ketones is 1. The molecule has 0 bridgehead atoms. The van der Waals surface area contributed by atoms with Crippen LogP contribution in [-0.2, 0) is 0 Å². The molecule has 0 saturated heterocycles.